The highest BCUT2D eigenvalue weighted by atomic mass is 32.2. The zero-order valence-corrected chi connectivity index (χ0v) is 20.1. The first-order chi connectivity index (χ1) is 15.9. The molecule has 8 heteroatoms. The van der Waals surface area contributed by atoms with E-state index in [4.69, 9.17) is 9.47 Å². The minimum absolute atomic E-state index is 0.0197. The number of carbonyl (C=O) groups is 1. The molecule has 0 aromatic heterocycles. The molecule has 7 nitrogen and oxygen atoms in total. The molecule has 178 valence electrons. The first kappa shape index (κ1) is 23.6. The van der Waals surface area contributed by atoms with Gasteiger partial charge in [0.05, 0.1) is 14.2 Å². The van der Waals surface area contributed by atoms with Gasteiger partial charge in [-0.3, -0.25) is 4.79 Å². The zero-order chi connectivity index (χ0) is 23.4. The molecule has 1 aliphatic carbocycles. The summed E-state index contributed by atoms with van der Waals surface area (Å²) < 4.78 is 39.6. The van der Waals surface area contributed by atoms with Crippen molar-refractivity contribution in [2.24, 2.45) is 0 Å². The summed E-state index contributed by atoms with van der Waals surface area (Å²) in [5, 5.41) is 0. The minimum atomic E-state index is -3.80. The van der Waals surface area contributed by atoms with Gasteiger partial charge in [-0.25, -0.2) is 13.1 Å². The van der Waals surface area contributed by atoms with E-state index in [1.165, 1.54) is 13.2 Å². The van der Waals surface area contributed by atoms with Crippen molar-refractivity contribution in [3.63, 3.8) is 0 Å². The Labute approximate surface area is 196 Å². The van der Waals surface area contributed by atoms with Gasteiger partial charge in [0.1, 0.15) is 16.4 Å². The number of ether oxygens (including phenoxy) is 2. The van der Waals surface area contributed by atoms with E-state index in [2.05, 4.69) is 4.72 Å². The molecule has 2 fully saturated rings. The van der Waals surface area contributed by atoms with Gasteiger partial charge in [0.15, 0.2) is 0 Å². The zero-order valence-electron chi connectivity index (χ0n) is 19.2. The Morgan fingerprint density at radius 3 is 2.55 bits per heavy atom. The number of likely N-dealkylation sites (tertiary alicyclic amines) is 1. The standard InChI is InChI=1S/C25H32N2O5S/c1-31-22-11-5-7-18(16-22)15-21-10-6-14-27(21)25(28)19-12-13-23(32-2)24(17-19)33(29,30)26-20-8-3-4-9-20/h5,7,11-13,16-17,20-21,26H,3-4,6,8-10,14-15H2,1-2H3. The van der Waals surface area contributed by atoms with Crippen LogP contribution in [0.1, 0.15) is 54.4 Å². The van der Waals surface area contributed by atoms with Crippen LogP contribution >= 0.6 is 0 Å². The number of rotatable bonds is 8. The van der Waals surface area contributed by atoms with Crippen LogP contribution in [0.5, 0.6) is 11.5 Å². The fraction of sp³-hybridized carbons (Fsp3) is 0.480. The van der Waals surface area contributed by atoms with Gasteiger partial charge in [0.25, 0.3) is 5.91 Å². The largest absolute Gasteiger partial charge is 0.497 e. The summed E-state index contributed by atoms with van der Waals surface area (Å²) in [7, 11) is -0.715. The Kier molecular flexibility index (Phi) is 7.24. The van der Waals surface area contributed by atoms with Crippen LogP contribution in [0.4, 0.5) is 0 Å². The third-order valence-electron chi connectivity index (χ3n) is 6.62. The number of nitrogens with zero attached hydrogens (tertiary/aromatic N) is 1. The molecule has 1 amide bonds. The van der Waals surface area contributed by atoms with E-state index >= 15 is 0 Å². The number of amides is 1. The summed E-state index contributed by atoms with van der Waals surface area (Å²) in [6.07, 6.45) is 6.27. The second kappa shape index (κ2) is 10.1. The maximum absolute atomic E-state index is 13.4. The Bertz CT molecular complexity index is 1100. The van der Waals surface area contributed by atoms with Crippen molar-refractivity contribution < 1.29 is 22.7 Å². The highest BCUT2D eigenvalue weighted by molar-refractivity contribution is 7.89. The number of carbonyl (C=O) groups excluding carboxylic acids is 1. The number of nitrogens with one attached hydrogen (secondary N) is 1. The first-order valence-corrected chi connectivity index (χ1v) is 13.0. The summed E-state index contributed by atoms with van der Waals surface area (Å²) in [6, 6.07) is 12.6. The highest BCUT2D eigenvalue weighted by Gasteiger charge is 2.32. The van der Waals surface area contributed by atoms with E-state index in [0.717, 1.165) is 56.3 Å². The number of benzene rings is 2. The van der Waals surface area contributed by atoms with Crippen LogP contribution in [0.25, 0.3) is 0 Å². The third kappa shape index (κ3) is 5.33. The van der Waals surface area contributed by atoms with Crippen molar-refractivity contribution >= 4 is 15.9 Å². The average Bonchev–Trinajstić information content (AvgIpc) is 3.50. The third-order valence-corrected chi connectivity index (χ3v) is 8.16. The summed E-state index contributed by atoms with van der Waals surface area (Å²) in [6.45, 7) is 0.655. The lowest BCUT2D eigenvalue weighted by molar-refractivity contribution is 0.0736. The molecular formula is C25H32N2O5S. The van der Waals surface area contributed by atoms with Crippen LogP contribution in [0.15, 0.2) is 47.4 Å². The van der Waals surface area contributed by atoms with Crippen LogP contribution < -0.4 is 14.2 Å². The van der Waals surface area contributed by atoms with Crippen LogP contribution in [0.3, 0.4) is 0 Å². The Balaban J connectivity index is 1.56. The maximum atomic E-state index is 13.4. The molecule has 0 spiro atoms. The maximum Gasteiger partial charge on any atom is 0.254 e. The Hall–Kier alpha value is -2.58. The molecule has 1 aliphatic heterocycles. The molecule has 1 atom stereocenters. The predicted molar refractivity (Wildman–Crippen MR) is 126 cm³/mol. The Morgan fingerprint density at radius 1 is 1.03 bits per heavy atom. The van der Waals surface area contributed by atoms with E-state index in [-0.39, 0.29) is 28.6 Å². The first-order valence-electron chi connectivity index (χ1n) is 11.6. The topological polar surface area (TPSA) is 84.9 Å². The summed E-state index contributed by atoms with van der Waals surface area (Å²) in [5.41, 5.74) is 1.47. The lowest BCUT2D eigenvalue weighted by atomic mass is 10.0. The summed E-state index contributed by atoms with van der Waals surface area (Å²) in [5.74, 6) is 0.884. The van der Waals surface area contributed by atoms with Crippen LogP contribution in [0.2, 0.25) is 0 Å². The molecule has 1 heterocycles. The molecule has 33 heavy (non-hydrogen) atoms. The SMILES string of the molecule is COc1cccc(CC2CCCN2C(=O)c2ccc(OC)c(S(=O)(=O)NC3CCCC3)c2)c1. The number of sulfonamides is 1. The second-order valence-corrected chi connectivity index (χ2v) is 10.5. The van der Waals surface area contributed by atoms with Gasteiger partial charge < -0.3 is 14.4 Å². The molecule has 1 unspecified atom stereocenters. The molecular weight excluding hydrogens is 440 g/mol. The van der Waals surface area contributed by atoms with Crippen LogP contribution in [0, 0.1) is 0 Å². The lowest BCUT2D eigenvalue weighted by Gasteiger charge is -2.25. The van der Waals surface area contributed by atoms with Crippen LogP contribution in [-0.4, -0.2) is 52.1 Å². The van der Waals surface area contributed by atoms with Crippen molar-refractivity contribution in [1.82, 2.24) is 9.62 Å². The average molecular weight is 473 g/mol. The summed E-state index contributed by atoms with van der Waals surface area (Å²) >= 11 is 0. The van der Waals surface area contributed by atoms with Gasteiger partial charge in [-0.2, -0.15) is 0 Å². The highest BCUT2D eigenvalue weighted by Crippen LogP contribution is 2.30. The van der Waals surface area contributed by atoms with Crippen molar-refractivity contribution in [3.05, 3.63) is 53.6 Å². The van der Waals surface area contributed by atoms with Crippen molar-refractivity contribution in [1.29, 1.82) is 0 Å². The van der Waals surface area contributed by atoms with E-state index in [0.29, 0.717) is 12.1 Å². The number of hydrogen-bond acceptors (Lipinski definition) is 5. The molecule has 1 saturated carbocycles. The summed E-state index contributed by atoms with van der Waals surface area (Å²) in [4.78, 5) is 15.3. The fourth-order valence-electron chi connectivity index (χ4n) is 4.90. The lowest BCUT2D eigenvalue weighted by Crippen LogP contribution is -2.37. The van der Waals surface area contributed by atoms with Gasteiger partial charge >= 0.3 is 0 Å². The Morgan fingerprint density at radius 2 is 1.82 bits per heavy atom. The van der Waals surface area contributed by atoms with Gasteiger partial charge in [-0.05, 0) is 68.0 Å². The van der Waals surface area contributed by atoms with Gasteiger partial charge in [-0.1, -0.05) is 25.0 Å². The predicted octanol–water partition coefficient (Wildman–Crippen LogP) is 3.77. The quantitative estimate of drug-likeness (QED) is 0.632. The van der Waals surface area contributed by atoms with Crippen LogP contribution in [-0.2, 0) is 16.4 Å². The smallest absolute Gasteiger partial charge is 0.254 e. The van der Waals surface area contributed by atoms with E-state index in [9.17, 15) is 13.2 Å². The molecule has 2 aliphatic rings. The molecule has 1 N–H and O–H groups in total. The molecule has 0 bridgehead atoms. The van der Waals surface area contributed by atoms with Gasteiger partial charge in [-0.15, -0.1) is 0 Å². The number of hydrogen-bond donors (Lipinski definition) is 1. The van der Waals surface area contributed by atoms with Gasteiger partial charge in [0.2, 0.25) is 10.0 Å². The van der Waals surface area contributed by atoms with Crippen molar-refractivity contribution in [3.8, 4) is 11.5 Å². The second-order valence-electron chi connectivity index (χ2n) is 8.82. The number of methoxy groups -OCH3 is 2. The van der Waals surface area contributed by atoms with E-state index < -0.39 is 10.0 Å². The van der Waals surface area contributed by atoms with Crippen molar-refractivity contribution in [2.75, 3.05) is 20.8 Å². The molecule has 1 saturated heterocycles. The molecule has 2 aromatic carbocycles. The van der Waals surface area contributed by atoms with Crippen molar-refractivity contribution in [2.45, 2.75) is 61.9 Å². The van der Waals surface area contributed by atoms with E-state index in [1.807, 2.05) is 29.2 Å². The molecule has 2 aromatic rings. The molecule has 4 rings (SSSR count). The monoisotopic (exact) mass is 472 g/mol. The van der Waals surface area contributed by atoms with E-state index in [1.54, 1.807) is 19.2 Å². The fourth-order valence-corrected chi connectivity index (χ4v) is 6.40. The molecule has 0 radical (unpaired) electrons. The van der Waals surface area contributed by atoms with Gasteiger partial charge in [0, 0.05) is 24.2 Å². The normalized spacial score (nSPS) is 19.1. The minimum Gasteiger partial charge on any atom is -0.497 e.